The Kier molecular flexibility index (Phi) is 4.53. The minimum absolute atomic E-state index is 0.0291. The van der Waals surface area contributed by atoms with Crippen LogP contribution in [0.2, 0.25) is 0 Å². The van der Waals surface area contributed by atoms with Gasteiger partial charge in [0.05, 0.1) is 15.0 Å². The molecule has 0 bridgehead atoms. The summed E-state index contributed by atoms with van der Waals surface area (Å²) in [4.78, 5) is -0.0291. The van der Waals surface area contributed by atoms with Crippen LogP contribution in [0.4, 0.5) is 4.39 Å². The molecular formula is C13H17BrFNO3S. The van der Waals surface area contributed by atoms with Crippen LogP contribution in [0.25, 0.3) is 0 Å². The molecule has 0 radical (unpaired) electrons. The highest BCUT2D eigenvalue weighted by atomic mass is 79.9. The maximum atomic E-state index is 13.5. The molecule has 1 aromatic rings. The van der Waals surface area contributed by atoms with Crippen molar-refractivity contribution in [1.82, 2.24) is 4.31 Å². The van der Waals surface area contributed by atoms with Crippen molar-refractivity contribution in [2.75, 3.05) is 20.2 Å². The lowest BCUT2D eigenvalue weighted by Gasteiger charge is -2.38. The number of methoxy groups -OCH3 is 1. The van der Waals surface area contributed by atoms with E-state index in [0.717, 1.165) is 18.9 Å². The second kappa shape index (κ2) is 5.71. The first-order valence-corrected chi connectivity index (χ1v) is 8.52. The van der Waals surface area contributed by atoms with E-state index in [2.05, 4.69) is 15.9 Å². The van der Waals surface area contributed by atoms with Crippen molar-refractivity contribution >= 4 is 26.0 Å². The summed E-state index contributed by atoms with van der Waals surface area (Å²) in [6, 6.07) is 3.85. The summed E-state index contributed by atoms with van der Waals surface area (Å²) in [6.07, 6.45) is 1.53. The summed E-state index contributed by atoms with van der Waals surface area (Å²) < 4.78 is 45.6. The molecular weight excluding hydrogens is 349 g/mol. The number of nitrogens with zero attached hydrogens (tertiary/aromatic N) is 1. The third kappa shape index (κ3) is 3.05. The van der Waals surface area contributed by atoms with Gasteiger partial charge in [-0.15, -0.1) is 0 Å². The van der Waals surface area contributed by atoms with Gasteiger partial charge >= 0.3 is 0 Å². The molecule has 1 aliphatic rings. The Hall–Kier alpha value is -0.500. The molecule has 1 aliphatic heterocycles. The molecule has 0 saturated carbocycles. The molecule has 7 heteroatoms. The van der Waals surface area contributed by atoms with Gasteiger partial charge in [0.15, 0.2) is 0 Å². The van der Waals surface area contributed by atoms with Crippen molar-refractivity contribution in [2.24, 2.45) is 0 Å². The lowest BCUT2D eigenvalue weighted by Crippen LogP contribution is -2.49. The molecule has 0 amide bonds. The summed E-state index contributed by atoms with van der Waals surface area (Å²) in [5, 5.41) is 0. The predicted octanol–water partition coefficient (Wildman–Crippen LogP) is 2.78. The van der Waals surface area contributed by atoms with Crippen molar-refractivity contribution in [3.8, 4) is 0 Å². The molecule has 112 valence electrons. The number of benzene rings is 1. The third-order valence-electron chi connectivity index (χ3n) is 3.65. The highest BCUT2D eigenvalue weighted by Crippen LogP contribution is 2.29. The van der Waals surface area contributed by atoms with Crippen LogP contribution in [0.15, 0.2) is 27.6 Å². The number of halogens is 2. The van der Waals surface area contributed by atoms with E-state index < -0.39 is 21.4 Å². The van der Waals surface area contributed by atoms with E-state index in [1.807, 2.05) is 6.92 Å². The smallest absolute Gasteiger partial charge is 0.243 e. The fraction of sp³-hybridized carbons (Fsp3) is 0.538. The largest absolute Gasteiger partial charge is 0.377 e. The van der Waals surface area contributed by atoms with Crippen LogP contribution in [0.3, 0.4) is 0 Å². The Labute approximate surface area is 127 Å². The lowest BCUT2D eigenvalue weighted by molar-refractivity contribution is -0.0319. The zero-order chi connectivity index (χ0) is 15.0. The Morgan fingerprint density at radius 3 is 2.75 bits per heavy atom. The van der Waals surface area contributed by atoms with Crippen LogP contribution in [0, 0.1) is 5.82 Å². The Morgan fingerprint density at radius 1 is 1.45 bits per heavy atom. The summed E-state index contributed by atoms with van der Waals surface area (Å²) in [5.41, 5.74) is -0.487. The van der Waals surface area contributed by atoms with Gasteiger partial charge < -0.3 is 4.74 Å². The maximum absolute atomic E-state index is 13.5. The maximum Gasteiger partial charge on any atom is 0.243 e. The van der Waals surface area contributed by atoms with Crippen LogP contribution in [-0.2, 0) is 14.8 Å². The zero-order valence-electron chi connectivity index (χ0n) is 11.4. The number of hydrogen-bond acceptors (Lipinski definition) is 3. The highest BCUT2D eigenvalue weighted by molar-refractivity contribution is 9.10. The molecule has 1 atom stereocenters. The highest BCUT2D eigenvalue weighted by Gasteiger charge is 2.37. The molecule has 0 spiro atoms. The van der Waals surface area contributed by atoms with Gasteiger partial charge in [0, 0.05) is 20.2 Å². The molecule has 20 heavy (non-hydrogen) atoms. The number of hydrogen-bond donors (Lipinski definition) is 0. The standard InChI is InChI=1S/C13H17BrFNO3S/c1-13(19-2)6-3-7-16(9-13)20(17,18)10-4-5-11(14)12(15)8-10/h4-5,8H,3,6-7,9H2,1-2H3. The summed E-state index contributed by atoms with van der Waals surface area (Å²) in [5.74, 6) is -0.586. The average Bonchev–Trinajstić information content (AvgIpc) is 2.42. The minimum Gasteiger partial charge on any atom is -0.377 e. The van der Waals surface area contributed by atoms with E-state index in [1.54, 1.807) is 7.11 Å². The minimum atomic E-state index is -3.69. The van der Waals surface area contributed by atoms with Gasteiger partial charge in [0.2, 0.25) is 10.0 Å². The van der Waals surface area contributed by atoms with Gasteiger partial charge in [-0.1, -0.05) is 0 Å². The molecule has 1 saturated heterocycles. The Balaban J connectivity index is 2.32. The third-order valence-corrected chi connectivity index (χ3v) is 6.13. The van der Waals surface area contributed by atoms with Gasteiger partial charge in [-0.3, -0.25) is 0 Å². The second-order valence-electron chi connectivity index (χ2n) is 5.17. The number of rotatable bonds is 3. The fourth-order valence-corrected chi connectivity index (χ4v) is 4.17. The van der Waals surface area contributed by atoms with Crippen LogP contribution in [-0.4, -0.2) is 38.5 Å². The van der Waals surface area contributed by atoms with Crippen molar-refractivity contribution < 1.29 is 17.5 Å². The summed E-state index contributed by atoms with van der Waals surface area (Å²) >= 11 is 3.02. The van der Waals surface area contributed by atoms with Crippen LogP contribution < -0.4 is 0 Å². The SMILES string of the molecule is COC1(C)CCCN(S(=O)(=O)c2ccc(Br)c(F)c2)C1. The average molecular weight is 366 g/mol. The quantitative estimate of drug-likeness (QED) is 0.827. The summed E-state index contributed by atoms with van der Waals surface area (Å²) in [7, 11) is -2.11. The van der Waals surface area contributed by atoms with Gasteiger partial charge in [0.25, 0.3) is 0 Å². The first kappa shape index (κ1) is 15.9. The molecule has 4 nitrogen and oxygen atoms in total. The van der Waals surface area contributed by atoms with E-state index in [4.69, 9.17) is 4.74 Å². The molecule has 1 fully saturated rings. The van der Waals surface area contributed by atoms with Crippen LogP contribution >= 0.6 is 15.9 Å². The predicted molar refractivity (Wildman–Crippen MR) is 77.5 cm³/mol. The first-order chi connectivity index (χ1) is 9.28. The lowest BCUT2D eigenvalue weighted by atomic mass is 9.96. The van der Waals surface area contributed by atoms with E-state index >= 15 is 0 Å². The Bertz CT molecular complexity index is 608. The number of piperidine rings is 1. The van der Waals surface area contributed by atoms with Crippen LogP contribution in [0.5, 0.6) is 0 Å². The molecule has 0 N–H and O–H groups in total. The number of sulfonamides is 1. The van der Waals surface area contributed by atoms with Crippen LogP contribution in [0.1, 0.15) is 19.8 Å². The van der Waals surface area contributed by atoms with E-state index in [1.165, 1.54) is 16.4 Å². The van der Waals surface area contributed by atoms with Crippen molar-refractivity contribution in [1.29, 1.82) is 0 Å². The molecule has 0 aromatic heterocycles. The molecule has 2 rings (SSSR count). The fourth-order valence-electron chi connectivity index (χ4n) is 2.32. The van der Waals surface area contributed by atoms with E-state index in [0.29, 0.717) is 6.54 Å². The van der Waals surface area contributed by atoms with E-state index in [9.17, 15) is 12.8 Å². The van der Waals surface area contributed by atoms with Gasteiger partial charge in [0.1, 0.15) is 5.82 Å². The van der Waals surface area contributed by atoms with Gasteiger partial charge in [-0.2, -0.15) is 4.31 Å². The normalized spacial score (nSPS) is 24.8. The molecule has 1 aromatic carbocycles. The second-order valence-corrected chi connectivity index (χ2v) is 7.96. The van der Waals surface area contributed by atoms with E-state index in [-0.39, 0.29) is 15.9 Å². The molecule has 0 aliphatic carbocycles. The van der Waals surface area contributed by atoms with Crippen molar-refractivity contribution in [3.05, 3.63) is 28.5 Å². The van der Waals surface area contributed by atoms with Gasteiger partial charge in [-0.25, -0.2) is 12.8 Å². The van der Waals surface area contributed by atoms with Crippen molar-refractivity contribution in [2.45, 2.75) is 30.3 Å². The topological polar surface area (TPSA) is 46.6 Å². The summed E-state index contributed by atoms with van der Waals surface area (Å²) in [6.45, 7) is 2.60. The number of ether oxygens (including phenoxy) is 1. The van der Waals surface area contributed by atoms with Gasteiger partial charge in [-0.05, 0) is 53.9 Å². The Morgan fingerprint density at radius 2 is 2.15 bits per heavy atom. The first-order valence-electron chi connectivity index (χ1n) is 6.29. The van der Waals surface area contributed by atoms with Crippen molar-refractivity contribution in [3.63, 3.8) is 0 Å². The zero-order valence-corrected chi connectivity index (χ0v) is 13.8. The molecule has 1 unspecified atom stereocenters. The molecule has 1 heterocycles. The monoisotopic (exact) mass is 365 g/mol.